The van der Waals surface area contributed by atoms with Crippen molar-refractivity contribution in [1.82, 2.24) is 0 Å². The first-order chi connectivity index (χ1) is 8.84. The number of rotatable bonds is 1. The fraction of sp³-hybridized carbons (Fsp3) is 0.500. The lowest BCUT2D eigenvalue weighted by Crippen LogP contribution is -2.34. The molecule has 1 aliphatic rings. The highest BCUT2D eigenvalue weighted by molar-refractivity contribution is 5.95. The molecule has 0 bridgehead atoms. The molecule has 1 amide bonds. The Morgan fingerprint density at radius 3 is 2.84 bits per heavy atom. The van der Waals surface area contributed by atoms with E-state index in [4.69, 9.17) is 10.3 Å². The molecule has 0 spiro atoms. The van der Waals surface area contributed by atoms with Gasteiger partial charge in [0.2, 0.25) is 5.91 Å². The van der Waals surface area contributed by atoms with Gasteiger partial charge in [-0.05, 0) is 67.0 Å². The normalized spacial score (nSPS) is 19.9. The van der Waals surface area contributed by atoms with E-state index < -0.39 is 5.91 Å². The zero-order valence-corrected chi connectivity index (χ0v) is 11.6. The monoisotopic (exact) mass is 259 g/mol. The summed E-state index contributed by atoms with van der Waals surface area (Å²) >= 11 is 0. The molecule has 5 heteroatoms. The average molecular weight is 259 g/mol. The third-order valence-corrected chi connectivity index (χ3v) is 3.39. The second-order valence-corrected chi connectivity index (χ2v) is 5.67. The van der Waals surface area contributed by atoms with E-state index >= 15 is 0 Å². The van der Waals surface area contributed by atoms with Crippen molar-refractivity contribution in [2.24, 2.45) is 5.11 Å². The van der Waals surface area contributed by atoms with Crippen LogP contribution in [-0.2, 0) is 0 Å². The van der Waals surface area contributed by atoms with Gasteiger partial charge in [-0.1, -0.05) is 6.92 Å². The average Bonchev–Trinajstić information content (AvgIpc) is 2.29. The molecule has 1 aromatic rings. The second kappa shape index (κ2) is 4.59. The van der Waals surface area contributed by atoms with Crippen LogP contribution in [0.3, 0.4) is 0 Å². The first kappa shape index (κ1) is 13.4. The molecular weight excluding hydrogens is 242 g/mol. The van der Waals surface area contributed by atoms with Gasteiger partial charge in [-0.15, -0.1) is 0 Å². The van der Waals surface area contributed by atoms with E-state index in [9.17, 15) is 4.79 Å². The maximum Gasteiger partial charge on any atom is 0.249 e. The third kappa shape index (κ3) is 2.56. The van der Waals surface area contributed by atoms with Gasteiger partial charge in [0, 0.05) is 10.5 Å². The van der Waals surface area contributed by atoms with E-state index in [0.717, 1.165) is 23.3 Å². The van der Waals surface area contributed by atoms with Crippen LogP contribution in [0.4, 0.5) is 0 Å². The topological polar surface area (TPSA) is 75.1 Å². The number of ether oxygens (including phenoxy) is 1. The minimum absolute atomic E-state index is 0.201. The number of carbonyl (C=O) groups excluding carboxylic acids is 1. The smallest absolute Gasteiger partial charge is 0.249 e. The number of aryl methyl sites for hydroxylation is 1. The number of amides is 1. The van der Waals surface area contributed by atoms with Gasteiger partial charge in [0.1, 0.15) is 11.4 Å². The fourth-order valence-electron chi connectivity index (χ4n) is 2.69. The third-order valence-electron chi connectivity index (χ3n) is 3.39. The lowest BCUT2D eigenvalue weighted by atomic mass is 9.84. The van der Waals surface area contributed by atoms with Gasteiger partial charge in [0.05, 0.1) is 0 Å². The highest BCUT2D eigenvalue weighted by Crippen LogP contribution is 2.42. The predicted octanol–water partition coefficient (Wildman–Crippen LogP) is 4.11. The first-order valence-corrected chi connectivity index (χ1v) is 6.27. The van der Waals surface area contributed by atoms with Crippen LogP contribution in [0.1, 0.15) is 54.6 Å². The number of fused-ring (bicyclic) bond motifs is 1. The highest BCUT2D eigenvalue weighted by atomic mass is 16.5. The molecular formula is C14H17N3O2. The van der Waals surface area contributed by atoms with Crippen molar-refractivity contribution in [1.29, 1.82) is 0 Å². The van der Waals surface area contributed by atoms with Crippen molar-refractivity contribution < 1.29 is 9.53 Å². The summed E-state index contributed by atoms with van der Waals surface area (Å²) in [6, 6.07) is 3.49. The molecule has 1 heterocycles. The summed E-state index contributed by atoms with van der Waals surface area (Å²) < 4.78 is 6.00. The minimum atomic E-state index is -0.551. The van der Waals surface area contributed by atoms with E-state index in [-0.39, 0.29) is 5.60 Å². The summed E-state index contributed by atoms with van der Waals surface area (Å²) in [7, 11) is 0. The molecule has 1 atom stereocenters. The molecule has 2 rings (SSSR count). The van der Waals surface area contributed by atoms with E-state index in [1.165, 1.54) is 0 Å². The standard InChI is InChI=1S/C14H17N3O2/c1-8-5-10(13(18)16-17-15)6-11-9(2)7-14(3,4)19-12(8)11/h5-6,9H,7H2,1-4H3. The van der Waals surface area contributed by atoms with Crippen LogP contribution in [0.15, 0.2) is 17.2 Å². The minimum Gasteiger partial charge on any atom is -0.487 e. The highest BCUT2D eigenvalue weighted by Gasteiger charge is 2.32. The summed E-state index contributed by atoms with van der Waals surface area (Å²) in [5.74, 6) is 0.600. The quantitative estimate of drug-likeness (QED) is 0.432. The van der Waals surface area contributed by atoms with Gasteiger partial charge in [0.15, 0.2) is 0 Å². The van der Waals surface area contributed by atoms with Crippen molar-refractivity contribution in [3.05, 3.63) is 39.3 Å². The molecule has 0 radical (unpaired) electrons. The SMILES string of the molecule is Cc1cc(C(=O)N=[N+]=[N-])cc2c1OC(C)(C)CC2C. The van der Waals surface area contributed by atoms with Crippen LogP contribution >= 0.6 is 0 Å². The Labute approximate surface area is 112 Å². The molecule has 1 aromatic carbocycles. The van der Waals surface area contributed by atoms with E-state index in [1.807, 2.05) is 6.92 Å². The summed E-state index contributed by atoms with van der Waals surface area (Å²) in [6.07, 6.45) is 0.888. The first-order valence-electron chi connectivity index (χ1n) is 6.27. The Bertz CT molecular complexity index is 587. The van der Waals surface area contributed by atoms with Crippen LogP contribution in [0.2, 0.25) is 0 Å². The Hall–Kier alpha value is -2.00. The Balaban J connectivity index is 2.53. The van der Waals surface area contributed by atoms with Crippen molar-refractivity contribution in [3.8, 4) is 5.75 Å². The van der Waals surface area contributed by atoms with Gasteiger partial charge in [-0.25, -0.2) is 0 Å². The zero-order chi connectivity index (χ0) is 14.2. The molecule has 100 valence electrons. The molecule has 0 aliphatic carbocycles. The van der Waals surface area contributed by atoms with E-state index in [2.05, 4.69) is 30.8 Å². The van der Waals surface area contributed by atoms with E-state index in [0.29, 0.717) is 11.5 Å². The van der Waals surface area contributed by atoms with Crippen molar-refractivity contribution >= 4 is 5.91 Å². The summed E-state index contributed by atoms with van der Waals surface area (Å²) in [6.45, 7) is 8.14. The Morgan fingerprint density at radius 2 is 2.21 bits per heavy atom. The van der Waals surface area contributed by atoms with Gasteiger partial charge in [0.25, 0.3) is 0 Å². The van der Waals surface area contributed by atoms with Crippen LogP contribution < -0.4 is 4.74 Å². The van der Waals surface area contributed by atoms with Gasteiger partial charge in [-0.3, -0.25) is 4.79 Å². The Morgan fingerprint density at radius 1 is 1.53 bits per heavy atom. The fourth-order valence-corrected chi connectivity index (χ4v) is 2.69. The summed E-state index contributed by atoms with van der Waals surface area (Å²) in [5, 5.41) is 3.14. The van der Waals surface area contributed by atoms with Crippen molar-refractivity contribution in [3.63, 3.8) is 0 Å². The molecule has 1 unspecified atom stereocenters. The molecule has 0 N–H and O–H groups in total. The van der Waals surface area contributed by atoms with Crippen LogP contribution in [-0.4, -0.2) is 11.5 Å². The number of nitrogens with zero attached hydrogens (tertiary/aromatic N) is 3. The van der Waals surface area contributed by atoms with Crippen molar-refractivity contribution in [2.45, 2.75) is 45.6 Å². The molecule has 1 aliphatic heterocycles. The lowest BCUT2D eigenvalue weighted by Gasteiger charge is -2.37. The van der Waals surface area contributed by atoms with Gasteiger partial charge >= 0.3 is 0 Å². The van der Waals surface area contributed by atoms with Crippen LogP contribution in [0.25, 0.3) is 10.4 Å². The maximum absolute atomic E-state index is 11.7. The molecule has 5 nitrogen and oxygen atoms in total. The lowest BCUT2D eigenvalue weighted by molar-refractivity contribution is 0.0736. The number of hydrogen-bond acceptors (Lipinski definition) is 2. The number of carbonyl (C=O) groups is 1. The molecule has 0 saturated heterocycles. The summed E-state index contributed by atoms with van der Waals surface area (Å²) in [5.41, 5.74) is 10.5. The second-order valence-electron chi connectivity index (χ2n) is 5.67. The maximum atomic E-state index is 11.7. The molecule has 0 saturated carbocycles. The van der Waals surface area contributed by atoms with Gasteiger partial charge < -0.3 is 4.74 Å². The largest absolute Gasteiger partial charge is 0.487 e. The van der Waals surface area contributed by atoms with Crippen LogP contribution in [0, 0.1) is 6.92 Å². The molecule has 0 fully saturated rings. The predicted molar refractivity (Wildman–Crippen MR) is 72.4 cm³/mol. The summed E-state index contributed by atoms with van der Waals surface area (Å²) in [4.78, 5) is 14.2. The van der Waals surface area contributed by atoms with Crippen LogP contribution in [0.5, 0.6) is 5.75 Å². The van der Waals surface area contributed by atoms with Crippen molar-refractivity contribution in [2.75, 3.05) is 0 Å². The zero-order valence-electron chi connectivity index (χ0n) is 11.6. The number of hydrogen-bond donors (Lipinski definition) is 0. The van der Waals surface area contributed by atoms with Gasteiger partial charge in [-0.2, -0.15) is 0 Å². The Kier molecular flexibility index (Phi) is 3.25. The number of benzene rings is 1. The molecule has 19 heavy (non-hydrogen) atoms. The molecule has 0 aromatic heterocycles. The van der Waals surface area contributed by atoms with E-state index in [1.54, 1.807) is 12.1 Å². The number of azide groups is 1.